The second kappa shape index (κ2) is 6.23. The Morgan fingerprint density at radius 1 is 1.19 bits per heavy atom. The topological polar surface area (TPSA) is 81.8 Å². The fraction of sp³-hybridized carbons (Fsp3) is 0.200. The zero-order chi connectivity index (χ0) is 15.4. The lowest BCUT2D eigenvalue weighted by atomic mass is 10.1. The van der Waals surface area contributed by atoms with Crippen molar-refractivity contribution in [1.29, 1.82) is 0 Å². The van der Waals surface area contributed by atoms with Crippen LogP contribution >= 0.6 is 0 Å². The van der Waals surface area contributed by atoms with Gasteiger partial charge in [0.15, 0.2) is 0 Å². The maximum absolute atomic E-state index is 10.8. The van der Waals surface area contributed by atoms with Crippen molar-refractivity contribution in [3.63, 3.8) is 0 Å². The van der Waals surface area contributed by atoms with E-state index < -0.39 is 11.0 Å². The summed E-state index contributed by atoms with van der Waals surface area (Å²) in [7, 11) is 1.50. The van der Waals surface area contributed by atoms with Crippen LogP contribution in [0.4, 0.5) is 5.69 Å². The molecule has 0 saturated heterocycles. The molecule has 0 aliphatic heterocycles. The first-order valence-electron chi connectivity index (χ1n) is 6.30. The largest absolute Gasteiger partial charge is 0.496 e. The Balaban J connectivity index is 2.40. The minimum Gasteiger partial charge on any atom is -0.496 e. The highest BCUT2D eigenvalue weighted by Crippen LogP contribution is 2.36. The molecule has 1 atom stereocenters. The predicted molar refractivity (Wildman–Crippen MR) is 76.8 cm³/mol. The van der Waals surface area contributed by atoms with Crippen molar-refractivity contribution in [2.45, 2.75) is 13.0 Å². The van der Waals surface area contributed by atoms with Crippen molar-refractivity contribution in [3.05, 3.63) is 58.1 Å². The first-order valence-corrected chi connectivity index (χ1v) is 6.30. The quantitative estimate of drug-likeness (QED) is 0.673. The van der Waals surface area contributed by atoms with Crippen LogP contribution in [0.15, 0.2) is 42.5 Å². The molecule has 6 heteroatoms. The number of benzene rings is 2. The van der Waals surface area contributed by atoms with Gasteiger partial charge in [-0.15, -0.1) is 0 Å². The van der Waals surface area contributed by atoms with Crippen LogP contribution in [-0.4, -0.2) is 17.1 Å². The third kappa shape index (κ3) is 3.29. The Kier molecular flexibility index (Phi) is 4.39. The lowest BCUT2D eigenvalue weighted by Gasteiger charge is -2.16. The number of nitro groups is 1. The highest BCUT2D eigenvalue weighted by atomic mass is 16.6. The Morgan fingerprint density at radius 2 is 1.86 bits per heavy atom. The number of nitro benzene ring substituents is 1. The Labute approximate surface area is 121 Å². The molecule has 1 N–H and O–H groups in total. The van der Waals surface area contributed by atoms with Crippen LogP contribution in [0.2, 0.25) is 0 Å². The maximum Gasteiger partial charge on any atom is 0.273 e. The normalized spacial score (nSPS) is 11.8. The zero-order valence-corrected chi connectivity index (χ0v) is 11.6. The lowest BCUT2D eigenvalue weighted by Crippen LogP contribution is -2.00. The highest BCUT2D eigenvalue weighted by molar-refractivity contribution is 5.49. The zero-order valence-electron chi connectivity index (χ0n) is 11.6. The van der Waals surface area contributed by atoms with Crippen LogP contribution in [0.25, 0.3) is 0 Å². The van der Waals surface area contributed by atoms with Gasteiger partial charge in [0.25, 0.3) is 5.69 Å². The van der Waals surface area contributed by atoms with E-state index in [4.69, 9.17) is 9.47 Å². The van der Waals surface area contributed by atoms with Crippen molar-refractivity contribution in [2.24, 2.45) is 0 Å². The molecule has 1 unspecified atom stereocenters. The molecule has 0 heterocycles. The van der Waals surface area contributed by atoms with E-state index in [1.54, 1.807) is 31.2 Å². The van der Waals surface area contributed by atoms with Gasteiger partial charge in [-0.2, -0.15) is 0 Å². The molecule has 0 saturated carbocycles. The van der Waals surface area contributed by atoms with Gasteiger partial charge in [-0.05, 0) is 25.1 Å². The average Bonchev–Trinajstić information content (AvgIpc) is 2.46. The molecule has 0 amide bonds. The van der Waals surface area contributed by atoms with Gasteiger partial charge in [-0.1, -0.05) is 12.1 Å². The first kappa shape index (κ1) is 14.8. The highest BCUT2D eigenvalue weighted by Gasteiger charge is 2.16. The molecule has 0 spiro atoms. The number of hydrogen-bond acceptors (Lipinski definition) is 5. The molecule has 2 aromatic rings. The van der Waals surface area contributed by atoms with E-state index >= 15 is 0 Å². The van der Waals surface area contributed by atoms with Gasteiger partial charge in [0.1, 0.15) is 17.2 Å². The molecule has 110 valence electrons. The summed E-state index contributed by atoms with van der Waals surface area (Å²) in [5, 5.41) is 20.6. The summed E-state index contributed by atoms with van der Waals surface area (Å²) in [4.78, 5) is 10.3. The molecule has 0 bridgehead atoms. The summed E-state index contributed by atoms with van der Waals surface area (Å²) < 4.78 is 10.9. The van der Waals surface area contributed by atoms with Crippen molar-refractivity contribution in [2.75, 3.05) is 7.11 Å². The van der Waals surface area contributed by atoms with Crippen molar-refractivity contribution < 1.29 is 19.5 Å². The van der Waals surface area contributed by atoms with Crippen molar-refractivity contribution in [1.82, 2.24) is 0 Å². The van der Waals surface area contributed by atoms with Crippen LogP contribution in [0.1, 0.15) is 18.6 Å². The molecular weight excluding hydrogens is 274 g/mol. The van der Waals surface area contributed by atoms with Gasteiger partial charge in [0.2, 0.25) is 0 Å². The SMILES string of the molecule is COc1cccc(Oc2cccc([N+](=O)[O-])c2)c1C(C)O. The van der Waals surface area contributed by atoms with Crippen molar-refractivity contribution in [3.8, 4) is 17.2 Å². The maximum atomic E-state index is 10.8. The fourth-order valence-corrected chi connectivity index (χ4v) is 1.99. The summed E-state index contributed by atoms with van der Waals surface area (Å²) in [6, 6.07) is 11.0. The van der Waals surface area contributed by atoms with Gasteiger partial charge in [0, 0.05) is 6.07 Å². The molecular formula is C15H15NO5. The van der Waals surface area contributed by atoms with Crippen molar-refractivity contribution >= 4 is 5.69 Å². The van der Waals surface area contributed by atoms with Gasteiger partial charge in [0.05, 0.1) is 29.8 Å². The van der Waals surface area contributed by atoms with Crippen LogP contribution in [0, 0.1) is 10.1 Å². The smallest absolute Gasteiger partial charge is 0.273 e. The molecule has 2 rings (SSSR count). The van der Waals surface area contributed by atoms with Crippen LogP contribution in [0.3, 0.4) is 0 Å². The van der Waals surface area contributed by atoms with Crippen LogP contribution < -0.4 is 9.47 Å². The Morgan fingerprint density at radius 3 is 2.48 bits per heavy atom. The second-order valence-corrected chi connectivity index (χ2v) is 4.40. The van der Waals surface area contributed by atoms with Gasteiger partial charge < -0.3 is 14.6 Å². The van der Waals surface area contributed by atoms with Gasteiger partial charge >= 0.3 is 0 Å². The molecule has 0 radical (unpaired) electrons. The summed E-state index contributed by atoms with van der Waals surface area (Å²) >= 11 is 0. The van der Waals surface area contributed by atoms with Crippen LogP contribution in [-0.2, 0) is 0 Å². The number of non-ortho nitro benzene ring substituents is 1. The third-order valence-corrected chi connectivity index (χ3v) is 2.92. The molecule has 21 heavy (non-hydrogen) atoms. The monoisotopic (exact) mass is 289 g/mol. The minimum atomic E-state index is -0.796. The number of methoxy groups -OCH3 is 1. The number of rotatable bonds is 5. The van der Waals surface area contributed by atoms with E-state index in [1.165, 1.54) is 25.3 Å². The van der Waals surface area contributed by atoms with Gasteiger partial charge in [-0.3, -0.25) is 10.1 Å². The fourth-order valence-electron chi connectivity index (χ4n) is 1.99. The van der Waals surface area contributed by atoms with E-state index in [-0.39, 0.29) is 5.69 Å². The summed E-state index contributed by atoms with van der Waals surface area (Å²) in [6.45, 7) is 1.60. The van der Waals surface area contributed by atoms with E-state index in [0.717, 1.165) is 0 Å². The number of ether oxygens (including phenoxy) is 2. The number of aliphatic hydroxyl groups is 1. The predicted octanol–water partition coefficient (Wildman–Crippen LogP) is 3.45. The molecule has 0 aromatic heterocycles. The summed E-state index contributed by atoms with van der Waals surface area (Å²) in [5.41, 5.74) is 0.431. The lowest BCUT2D eigenvalue weighted by molar-refractivity contribution is -0.384. The van der Waals surface area contributed by atoms with E-state index in [9.17, 15) is 15.2 Å². The molecule has 2 aromatic carbocycles. The minimum absolute atomic E-state index is 0.0611. The Bertz CT molecular complexity index is 654. The molecule has 0 aliphatic rings. The molecule has 0 aliphatic carbocycles. The molecule has 0 fully saturated rings. The summed E-state index contributed by atoms with van der Waals surface area (Å²) in [6.07, 6.45) is -0.796. The van der Waals surface area contributed by atoms with E-state index in [0.29, 0.717) is 22.8 Å². The van der Waals surface area contributed by atoms with Crippen LogP contribution in [0.5, 0.6) is 17.2 Å². The van der Waals surface area contributed by atoms with E-state index in [1.807, 2.05) is 0 Å². The first-order chi connectivity index (χ1) is 10.0. The standard InChI is InChI=1S/C15H15NO5/c1-10(17)15-13(20-2)7-4-8-14(15)21-12-6-3-5-11(9-12)16(18)19/h3-10,17H,1-2H3. The van der Waals surface area contributed by atoms with E-state index in [2.05, 4.69) is 0 Å². The molecule has 6 nitrogen and oxygen atoms in total. The Hall–Kier alpha value is -2.60. The third-order valence-electron chi connectivity index (χ3n) is 2.92. The number of nitrogens with zero attached hydrogens (tertiary/aromatic N) is 1. The average molecular weight is 289 g/mol. The number of hydrogen-bond donors (Lipinski definition) is 1. The second-order valence-electron chi connectivity index (χ2n) is 4.40. The summed E-state index contributed by atoms with van der Waals surface area (Å²) in [5.74, 6) is 1.21. The van der Waals surface area contributed by atoms with Gasteiger partial charge in [-0.25, -0.2) is 0 Å². The number of aliphatic hydroxyl groups excluding tert-OH is 1.